The minimum absolute atomic E-state index is 0.446. The number of ether oxygens (including phenoxy) is 1. The quantitative estimate of drug-likeness (QED) is 0.795. The summed E-state index contributed by atoms with van der Waals surface area (Å²) in [6, 6.07) is 10.2. The summed E-state index contributed by atoms with van der Waals surface area (Å²) < 4.78 is 5.46. The van der Waals surface area contributed by atoms with Gasteiger partial charge in [-0.15, -0.1) is 0 Å². The lowest BCUT2D eigenvalue weighted by atomic mass is 10.1. The number of nitriles is 1. The molecule has 3 nitrogen and oxygen atoms in total. The molecule has 0 spiro atoms. The average Bonchev–Trinajstić information content (AvgIpc) is 2.61. The average molecular weight is 214 g/mol. The van der Waals surface area contributed by atoms with Crippen LogP contribution in [0.15, 0.2) is 24.3 Å². The predicted octanol–water partition coefficient (Wildman–Crippen LogP) is 2.91. The van der Waals surface area contributed by atoms with Gasteiger partial charge in [-0.2, -0.15) is 5.26 Å². The molecule has 3 heteroatoms. The third-order valence-electron chi connectivity index (χ3n) is 2.63. The molecule has 16 heavy (non-hydrogen) atoms. The van der Waals surface area contributed by atoms with Gasteiger partial charge in [0.25, 0.3) is 0 Å². The fourth-order valence-corrected chi connectivity index (χ4v) is 1.81. The zero-order valence-electron chi connectivity index (χ0n) is 9.29. The summed E-state index contributed by atoms with van der Waals surface area (Å²) in [5, 5.41) is 9.62. The van der Waals surface area contributed by atoms with Gasteiger partial charge in [-0.05, 0) is 13.0 Å². The first-order valence-electron chi connectivity index (χ1n) is 5.34. The molecule has 1 aromatic carbocycles. The number of nitrogens with one attached hydrogen (secondary N) is 1. The number of nitrogens with zero attached hydrogens (tertiary/aromatic N) is 1. The Morgan fingerprint density at radius 3 is 3.00 bits per heavy atom. The van der Waals surface area contributed by atoms with Crippen molar-refractivity contribution in [3.8, 4) is 6.07 Å². The van der Waals surface area contributed by atoms with Gasteiger partial charge in [0.05, 0.1) is 25.7 Å². The highest BCUT2D eigenvalue weighted by atomic mass is 16.5. The second kappa shape index (κ2) is 4.82. The second-order valence-electron chi connectivity index (χ2n) is 3.73. The molecule has 0 fully saturated rings. The van der Waals surface area contributed by atoms with Gasteiger partial charge >= 0.3 is 0 Å². The fraction of sp³-hybridized carbons (Fsp3) is 0.308. The van der Waals surface area contributed by atoms with Crippen LogP contribution in [0.1, 0.15) is 17.7 Å². The molecule has 1 N–H and O–H groups in total. The maximum atomic E-state index is 8.41. The number of para-hydroxylation sites is 1. The van der Waals surface area contributed by atoms with Crippen LogP contribution in [0.3, 0.4) is 0 Å². The number of H-pyrrole nitrogens is 1. The van der Waals surface area contributed by atoms with Crippen LogP contribution in [-0.2, 0) is 11.3 Å². The molecular formula is C13H14N2O. The Morgan fingerprint density at radius 1 is 1.38 bits per heavy atom. The summed E-state index contributed by atoms with van der Waals surface area (Å²) in [7, 11) is 0. The van der Waals surface area contributed by atoms with Crippen LogP contribution in [-0.4, -0.2) is 11.6 Å². The van der Waals surface area contributed by atoms with Gasteiger partial charge < -0.3 is 9.72 Å². The van der Waals surface area contributed by atoms with Gasteiger partial charge in [0.15, 0.2) is 0 Å². The molecule has 0 unspecified atom stereocenters. The highest BCUT2D eigenvalue weighted by Crippen LogP contribution is 2.22. The molecule has 2 aromatic rings. The van der Waals surface area contributed by atoms with Crippen molar-refractivity contribution >= 4 is 10.9 Å². The van der Waals surface area contributed by atoms with Crippen LogP contribution in [0, 0.1) is 18.3 Å². The Hall–Kier alpha value is -1.79. The maximum absolute atomic E-state index is 8.41. The van der Waals surface area contributed by atoms with Gasteiger partial charge in [0.2, 0.25) is 0 Å². The third-order valence-corrected chi connectivity index (χ3v) is 2.63. The van der Waals surface area contributed by atoms with E-state index >= 15 is 0 Å². The lowest BCUT2D eigenvalue weighted by Gasteiger charge is -2.02. The Kier molecular flexibility index (Phi) is 3.23. The van der Waals surface area contributed by atoms with Gasteiger partial charge in [-0.1, -0.05) is 18.2 Å². The van der Waals surface area contributed by atoms with Crippen LogP contribution in [0.4, 0.5) is 0 Å². The van der Waals surface area contributed by atoms with Gasteiger partial charge in [0, 0.05) is 22.2 Å². The zero-order chi connectivity index (χ0) is 11.4. The summed E-state index contributed by atoms with van der Waals surface area (Å²) in [5.41, 5.74) is 3.46. The van der Waals surface area contributed by atoms with Crippen LogP contribution in [0.5, 0.6) is 0 Å². The molecule has 0 radical (unpaired) electrons. The number of benzene rings is 1. The van der Waals surface area contributed by atoms with E-state index in [1.807, 2.05) is 19.1 Å². The van der Waals surface area contributed by atoms with E-state index < -0.39 is 0 Å². The number of rotatable bonds is 4. The van der Waals surface area contributed by atoms with Gasteiger partial charge in [-0.3, -0.25) is 0 Å². The van der Waals surface area contributed by atoms with E-state index in [4.69, 9.17) is 10.00 Å². The SMILES string of the molecule is Cc1[nH]c2ccccc2c1COCCC#N. The minimum Gasteiger partial charge on any atom is -0.376 e. The Morgan fingerprint density at radius 2 is 2.19 bits per heavy atom. The molecule has 0 saturated carbocycles. The van der Waals surface area contributed by atoms with Crippen molar-refractivity contribution in [1.82, 2.24) is 4.98 Å². The standard InChI is InChI=1S/C13H14N2O/c1-10-12(9-16-8-4-7-14)11-5-2-3-6-13(11)15-10/h2-3,5-6,15H,4,8-9H2,1H3. The first kappa shape index (κ1) is 10.7. The molecule has 0 aliphatic carbocycles. The van der Waals surface area contributed by atoms with Crippen molar-refractivity contribution in [1.29, 1.82) is 5.26 Å². The largest absolute Gasteiger partial charge is 0.376 e. The van der Waals surface area contributed by atoms with E-state index in [9.17, 15) is 0 Å². The molecule has 0 amide bonds. The van der Waals surface area contributed by atoms with E-state index in [0.717, 1.165) is 11.2 Å². The summed E-state index contributed by atoms with van der Waals surface area (Å²) in [6.07, 6.45) is 0.446. The van der Waals surface area contributed by atoms with Crippen LogP contribution >= 0.6 is 0 Å². The minimum atomic E-state index is 0.446. The van der Waals surface area contributed by atoms with E-state index in [0.29, 0.717) is 19.6 Å². The molecule has 0 bridgehead atoms. The normalized spacial score (nSPS) is 10.5. The number of aromatic nitrogens is 1. The second-order valence-corrected chi connectivity index (χ2v) is 3.73. The molecule has 82 valence electrons. The van der Waals surface area contributed by atoms with E-state index in [1.54, 1.807) is 0 Å². The van der Waals surface area contributed by atoms with E-state index in [2.05, 4.69) is 23.2 Å². The lowest BCUT2D eigenvalue weighted by molar-refractivity contribution is 0.127. The van der Waals surface area contributed by atoms with E-state index in [1.165, 1.54) is 10.9 Å². The Balaban J connectivity index is 2.17. The summed E-state index contributed by atoms with van der Waals surface area (Å²) >= 11 is 0. The molecule has 0 atom stereocenters. The summed E-state index contributed by atoms with van der Waals surface area (Å²) in [4.78, 5) is 3.32. The number of aromatic amines is 1. The molecule has 2 rings (SSSR count). The smallest absolute Gasteiger partial charge is 0.0740 e. The molecule has 1 aromatic heterocycles. The van der Waals surface area contributed by atoms with Crippen LogP contribution < -0.4 is 0 Å². The van der Waals surface area contributed by atoms with Crippen LogP contribution in [0.2, 0.25) is 0 Å². The third kappa shape index (κ3) is 2.07. The fourth-order valence-electron chi connectivity index (χ4n) is 1.81. The lowest BCUT2D eigenvalue weighted by Crippen LogP contribution is -1.95. The monoisotopic (exact) mass is 214 g/mol. The highest BCUT2D eigenvalue weighted by molar-refractivity contribution is 5.84. The van der Waals surface area contributed by atoms with Gasteiger partial charge in [-0.25, -0.2) is 0 Å². The van der Waals surface area contributed by atoms with Crippen molar-refractivity contribution in [2.45, 2.75) is 20.0 Å². The van der Waals surface area contributed by atoms with Crippen molar-refractivity contribution in [2.75, 3.05) is 6.61 Å². The first-order valence-corrected chi connectivity index (χ1v) is 5.34. The first-order chi connectivity index (χ1) is 7.83. The molecule has 1 heterocycles. The van der Waals surface area contributed by atoms with E-state index in [-0.39, 0.29) is 0 Å². The van der Waals surface area contributed by atoms with Crippen molar-refractivity contribution in [3.63, 3.8) is 0 Å². The number of hydrogen-bond acceptors (Lipinski definition) is 2. The number of fused-ring (bicyclic) bond motifs is 1. The molecule has 0 saturated heterocycles. The Labute approximate surface area is 94.7 Å². The van der Waals surface area contributed by atoms with Crippen molar-refractivity contribution < 1.29 is 4.74 Å². The highest BCUT2D eigenvalue weighted by Gasteiger charge is 2.07. The zero-order valence-corrected chi connectivity index (χ0v) is 9.29. The molecular weight excluding hydrogens is 200 g/mol. The Bertz CT molecular complexity index is 522. The molecule has 0 aliphatic rings. The summed E-state index contributed by atoms with van der Waals surface area (Å²) in [5.74, 6) is 0. The van der Waals surface area contributed by atoms with Crippen LogP contribution in [0.25, 0.3) is 10.9 Å². The van der Waals surface area contributed by atoms with Crippen molar-refractivity contribution in [3.05, 3.63) is 35.5 Å². The summed E-state index contributed by atoms with van der Waals surface area (Å²) in [6.45, 7) is 3.11. The topological polar surface area (TPSA) is 48.8 Å². The number of hydrogen-bond donors (Lipinski definition) is 1. The molecule has 0 aliphatic heterocycles. The number of aryl methyl sites for hydroxylation is 1. The predicted molar refractivity (Wildman–Crippen MR) is 62.9 cm³/mol. The maximum Gasteiger partial charge on any atom is 0.0740 e. The van der Waals surface area contributed by atoms with Gasteiger partial charge in [0.1, 0.15) is 0 Å². The van der Waals surface area contributed by atoms with Crippen molar-refractivity contribution in [2.24, 2.45) is 0 Å².